The Bertz CT molecular complexity index is 1460. The smallest absolute Gasteiger partial charge is 0.251 e. The van der Waals surface area contributed by atoms with Gasteiger partial charge < -0.3 is 30.6 Å². The number of rotatable bonds is 14. The van der Waals surface area contributed by atoms with Crippen LogP contribution in [0, 0.1) is 0 Å². The molecule has 0 aliphatic heterocycles. The Morgan fingerprint density at radius 3 is 2.22 bits per heavy atom. The normalized spacial score (nSPS) is 13.3. The second kappa shape index (κ2) is 14.2. The van der Waals surface area contributed by atoms with Gasteiger partial charge in [0.15, 0.2) is 8.32 Å². The van der Waals surface area contributed by atoms with Crippen LogP contribution in [-0.4, -0.2) is 49.5 Å². The lowest BCUT2D eigenvalue weighted by molar-refractivity contribution is -0.105. The van der Waals surface area contributed by atoms with E-state index in [1.807, 2.05) is 42.5 Å². The molecule has 0 heterocycles. The Labute approximate surface area is 269 Å². The van der Waals surface area contributed by atoms with Crippen LogP contribution in [0.2, 0.25) is 18.1 Å². The van der Waals surface area contributed by atoms with Crippen molar-refractivity contribution in [1.29, 1.82) is 0 Å². The van der Waals surface area contributed by atoms with Crippen LogP contribution >= 0.6 is 0 Å². The molecule has 8 nitrogen and oxygen atoms in total. The lowest BCUT2D eigenvalue weighted by Crippen LogP contribution is -2.47. The third-order valence-electron chi connectivity index (χ3n) is 8.79. The fourth-order valence-electron chi connectivity index (χ4n) is 4.88. The summed E-state index contributed by atoms with van der Waals surface area (Å²) in [5, 5.41) is 29.2. The average Bonchev–Trinajstić information content (AvgIpc) is 2.95. The maximum Gasteiger partial charge on any atom is 0.251 e. The standard InChI is InChI=1S/C36H51N3O5Si/c1-34(2,3)45(8,9)44-32(26-13-18-31(42)30(20-26)38-24-40)22-39-36(6,7)21-25-11-10-12-27(19-25)33(43)37-23-35(4,5)28-14-16-29(41)17-15-28/h10-20,24,32,39,41-42H,21-23H2,1-9H3,(H,37,43)(H,38,40). The molecule has 2 amide bonds. The maximum atomic E-state index is 13.2. The van der Waals surface area contributed by atoms with Gasteiger partial charge in [0.25, 0.3) is 5.91 Å². The van der Waals surface area contributed by atoms with Gasteiger partial charge >= 0.3 is 0 Å². The zero-order valence-corrected chi connectivity index (χ0v) is 29.2. The number of amides is 2. The van der Waals surface area contributed by atoms with E-state index in [0.29, 0.717) is 37.2 Å². The van der Waals surface area contributed by atoms with E-state index in [0.717, 1.165) is 16.7 Å². The van der Waals surface area contributed by atoms with Crippen molar-refractivity contribution in [2.45, 2.75) is 90.1 Å². The van der Waals surface area contributed by atoms with Crippen molar-refractivity contribution < 1.29 is 24.2 Å². The summed E-state index contributed by atoms with van der Waals surface area (Å²) in [5.74, 6) is 0.0789. The Morgan fingerprint density at radius 2 is 1.60 bits per heavy atom. The summed E-state index contributed by atoms with van der Waals surface area (Å²) < 4.78 is 6.86. The van der Waals surface area contributed by atoms with Gasteiger partial charge in [-0.3, -0.25) is 9.59 Å². The molecule has 3 aromatic carbocycles. The largest absolute Gasteiger partial charge is 0.508 e. The zero-order valence-electron chi connectivity index (χ0n) is 28.2. The molecule has 3 rings (SSSR count). The first-order valence-corrected chi connectivity index (χ1v) is 18.4. The lowest BCUT2D eigenvalue weighted by Gasteiger charge is -2.40. The summed E-state index contributed by atoms with van der Waals surface area (Å²) in [5.41, 5.74) is 3.21. The zero-order chi connectivity index (χ0) is 33.6. The number of hydrogen-bond donors (Lipinski definition) is 5. The van der Waals surface area contributed by atoms with Crippen LogP contribution in [0.3, 0.4) is 0 Å². The van der Waals surface area contributed by atoms with Crippen LogP contribution < -0.4 is 16.0 Å². The number of anilines is 1. The highest BCUT2D eigenvalue weighted by molar-refractivity contribution is 6.74. The third-order valence-corrected chi connectivity index (χ3v) is 13.3. The van der Waals surface area contributed by atoms with Crippen LogP contribution in [-0.2, 0) is 21.1 Å². The second-order valence-corrected chi connectivity index (χ2v) is 19.4. The first-order valence-electron chi connectivity index (χ1n) is 15.5. The Hall–Kier alpha value is -3.66. The lowest BCUT2D eigenvalue weighted by atomic mass is 9.84. The van der Waals surface area contributed by atoms with E-state index in [4.69, 9.17) is 4.43 Å². The van der Waals surface area contributed by atoms with E-state index in [9.17, 15) is 19.8 Å². The highest BCUT2D eigenvalue weighted by Gasteiger charge is 2.40. The predicted molar refractivity (Wildman–Crippen MR) is 185 cm³/mol. The first-order chi connectivity index (χ1) is 20.8. The van der Waals surface area contributed by atoms with Gasteiger partial charge in [0, 0.05) is 29.6 Å². The fourth-order valence-corrected chi connectivity index (χ4v) is 6.16. The van der Waals surface area contributed by atoms with Crippen molar-refractivity contribution in [1.82, 2.24) is 10.6 Å². The van der Waals surface area contributed by atoms with Crippen LogP contribution in [0.25, 0.3) is 0 Å². The minimum Gasteiger partial charge on any atom is -0.508 e. The number of phenols is 2. The molecule has 0 aromatic heterocycles. The van der Waals surface area contributed by atoms with Crippen molar-refractivity contribution in [3.05, 3.63) is 89.0 Å². The molecule has 1 atom stereocenters. The van der Waals surface area contributed by atoms with Crippen molar-refractivity contribution in [3.8, 4) is 11.5 Å². The summed E-state index contributed by atoms with van der Waals surface area (Å²) in [6.07, 6.45) is 0.912. The van der Waals surface area contributed by atoms with E-state index < -0.39 is 8.32 Å². The fraction of sp³-hybridized carbons (Fsp3) is 0.444. The Balaban J connectivity index is 1.73. The van der Waals surface area contributed by atoms with Crippen LogP contribution in [0.1, 0.15) is 81.6 Å². The van der Waals surface area contributed by atoms with Crippen LogP contribution in [0.15, 0.2) is 66.7 Å². The van der Waals surface area contributed by atoms with Crippen LogP contribution in [0.5, 0.6) is 11.5 Å². The summed E-state index contributed by atoms with van der Waals surface area (Å²) in [6, 6.07) is 20.0. The number of phenolic OH excluding ortho intramolecular Hbond substituents is 2. The molecule has 0 aliphatic carbocycles. The topological polar surface area (TPSA) is 120 Å². The number of nitrogens with one attached hydrogen (secondary N) is 3. The summed E-state index contributed by atoms with van der Waals surface area (Å²) >= 11 is 0. The van der Waals surface area contributed by atoms with E-state index in [1.54, 1.807) is 24.3 Å². The van der Waals surface area contributed by atoms with Crippen molar-refractivity contribution in [3.63, 3.8) is 0 Å². The van der Waals surface area contributed by atoms with E-state index in [-0.39, 0.29) is 39.5 Å². The van der Waals surface area contributed by atoms with Gasteiger partial charge in [-0.05, 0) is 91.5 Å². The highest BCUT2D eigenvalue weighted by atomic mass is 28.4. The molecule has 0 aliphatic rings. The number of aromatic hydroxyl groups is 2. The summed E-state index contributed by atoms with van der Waals surface area (Å²) in [7, 11) is -2.18. The van der Waals surface area contributed by atoms with Gasteiger partial charge in [0.1, 0.15) is 11.5 Å². The van der Waals surface area contributed by atoms with E-state index in [2.05, 4.69) is 77.5 Å². The van der Waals surface area contributed by atoms with E-state index >= 15 is 0 Å². The highest BCUT2D eigenvalue weighted by Crippen LogP contribution is 2.40. The summed E-state index contributed by atoms with van der Waals surface area (Å²) in [6.45, 7) is 20.3. The molecular weight excluding hydrogens is 582 g/mol. The third kappa shape index (κ3) is 9.91. The molecule has 0 saturated carbocycles. The van der Waals surface area contributed by atoms with Gasteiger partial charge in [-0.15, -0.1) is 0 Å². The predicted octanol–water partition coefficient (Wildman–Crippen LogP) is 7.05. The number of hydrogen-bond acceptors (Lipinski definition) is 6. The average molecular weight is 634 g/mol. The molecule has 1 unspecified atom stereocenters. The molecule has 0 bridgehead atoms. The minimum absolute atomic E-state index is 0.00180. The summed E-state index contributed by atoms with van der Waals surface area (Å²) in [4.78, 5) is 24.3. The molecule has 244 valence electrons. The molecule has 9 heteroatoms. The Morgan fingerprint density at radius 1 is 0.933 bits per heavy atom. The van der Waals surface area contributed by atoms with Crippen LogP contribution in [0.4, 0.5) is 5.69 Å². The van der Waals surface area contributed by atoms with Gasteiger partial charge in [-0.25, -0.2) is 0 Å². The van der Waals surface area contributed by atoms with Crippen molar-refractivity contribution >= 4 is 26.3 Å². The molecule has 3 aromatic rings. The van der Waals surface area contributed by atoms with E-state index in [1.165, 1.54) is 0 Å². The second-order valence-electron chi connectivity index (χ2n) is 14.7. The van der Waals surface area contributed by atoms with Gasteiger partial charge in [-0.1, -0.05) is 65.0 Å². The molecule has 0 fully saturated rings. The number of carbonyl (C=O) groups is 2. The SMILES string of the molecule is CC(C)(Cc1cccc(C(=O)NCC(C)(C)c2ccc(O)cc2)c1)NCC(O[Si](C)(C)C(C)(C)C)c1ccc(O)c(NC=O)c1. The molecule has 0 spiro atoms. The molecular formula is C36H51N3O5Si. The number of carbonyl (C=O) groups excluding carboxylic acids is 2. The van der Waals surface area contributed by atoms with Crippen molar-refractivity contribution in [2.24, 2.45) is 0 Å². The Kier molecular flexibility index (Phi) is 11.3. The quantitative estimate of drug-likeness (QED) is 0.0738. The van der Waals surface area contributed by atoms with Gasteiger partial charge in [-0.2, -0.15) is 0 Å². The molecule has 5 N–H and O–H groups in total. The molecule has 0 saturated heterocycles. The molecule has 45 heavy (non-hydrogen) atoms. The first kappa shape index (κ1) is 35.8. The number of benzene rings is 3. The minimum atomic E-state index is -2.18. The van der Waals surface area contributed by atoms with Gasteiger partial charge in [0.2, 0.25) is 6.41 Å². The molecule has 0 radical (unpaired) electrons. The van der Waals surface area contributed by atoms with Crippen molar-refractivity contribution in [2.75, 3.05) is 18.4 Å². The maximum absolute atomic E-state index is 13.2. The monoisotopic (exact) mass is 633 g/mol. The van der Waals surface area contributed by atoms with Gasteiger partial charge in [0.05, 0.1) is 11.8 Å².